The van der Waals surface area contributed by atoms with Crippen LogP contribution in [0, 0.1) is 17.1 Å². The Morgan fingerprint density at radius 2 is 2.13 bits per heavy atom. The first-order chi connectivity index (χ1) is 14.5. The summed E-state index contributed by atoms with van der Waals surface area (Å²) in [5.41, 5.74) is 1.67. The van der Waals surface area contributed by atoms with Crippen molar-refractivity contribution in [1.82, 2.24) is 4.90 Å². The zero-order chi connectivity index (χ0) is 21.3. The normalized spacial score (nSPS) is 18.8. The van der Waals surface area contributed by atoms with Gasteiger partial charge in [-0.25, -0.2) is 4.39 Å². The van der Waals surface area contributed by atoms with Crippen molar-refractivity contribution < 1.29 is 19.0 Å². The summed E-state index contributed by atoms with van der Waals surface area (Å²) in [4.78, 5) is 16.3. The molecule has 0 saturated carbocycles. The van der Waals surface area contributed by atoms with Crippen molar-refractivity contribution in [3.63, 3.8) is 0 Å². The Morgan fingerprint density at radius 1 is 1.33 bits per heavy atom. The Morgan fingerprint density at radius 3 is 2.87 bits per heavy atom. The fourth-order valence-corrected chi connectivity index (χ4v) is 4.88. The van der Waals surface area contributed by atoms with Crippen LogP contribution < -0.4 is 9.64 Å². The van der Waals surface area contributed by atoms with Gasteiger partial charge in [-0.05, 0) is 36.8 Å². The topological polar surface area (TPSA) is 76.8 Å². The summed E-state index contributed by atoms with van der Waals surface area (Å²) in [6.45, 7) is 2.40. The smallest absolute Gasteiger partial charge is 0.229 e. The number of ether oxygens (including phenoxy) is 1. The van der Waals surface area contributed by atoms with Crippen LogP contribution in [0.3, 0.4) is 0 Å². The number of amides is 1. The lowest BCUT2D eigenvalue weighted by Gasteiger charge is -2.42. The lowest BCUT2D eigenvalue weighted by atomic mass is 9.86. The standard InChI is InChI=1S/C22H20FN3O3S/c1-2-29-20-9-14(7-8-19(20)27)15-10-21(28)26-12-25(13-30-22(26)16(15)11-24)18-6-4-3-5-17(18)23/h3-9,15,27H,2,10,12-13H2,1H3. The van der Waals surface area contributed by atoms with Crippen molar-refractivity contribution in [2.75, 3.05) is 24.1 Å². The Labute approximate surface area is 178 Å². The predicted octanol–water partition coefficient (Wildman–Crippen LogP) is 4.15. The van der Waals surface area contributed by atoms with Crippen LogP contribution in [0.5, 0.6) is 11.5 Å². The van der Waals surface area contributed by atoms with Crippen LogP contribution in [0.25, 0.3) is 0 Å². The van der Waals surface area contributed by atoms with Crippen molar-refractivity contribution >= 4 is 23.4 Å². The highest BCUT2D eigenvalue weighted by molar-refractivity contribution is 8.03. The maximum Gasteiger partial charge on any atom is 0.229 e. The summed E-state index contributed by atoms with van der Waals surface area (Å²) < 4.78 is 19.7. The molecule has 1 N–H and O–H groups in total. The Kier molecular flexibility index (Phi) is 5.55. The number of allylic oxidation sites excluding steroid dienone is 1. The largest absolute Gasteiger partial charge is 0.504 e. The molecule has 0 spiro atoms. The molecule has 1 unspecified atom stereocenters. The van der Waals surface area contributed by atoms with E-state index in [4.69, 9.17) is 4.74 Å². The van der Waals surface area contributed by atoms with E-state index in [1.165, 1.54) is 23.9 Å². The highest BCUT2D eigenvalue weighted by Gasteiger charge is 2.38. The molecule has 0 bridgehead atoms. The average molecular weight is 425 g/mol. The monoisotopic (exact) mass is 425 g/mol. The summed E-state index contributed by atoms with van der Waals surface area (Å²) in [6.07, 6.45) is 0.119. The summed E-state index contributed by atoms with van der Waals surface area (Å²) in [7, 11) is 0. The van der Waals surface area contributed by atoms with E-state index in [-0.39, 0.29) is 30.6 Å². The number of hydrogen-bond donors (Lipinski definition) is 1. The highest BCUT2D eigenvalue weighted by Crippen LogP contribution is 2.44. The van der Waals surface area contributed by atoms with Gasteiger partial charge in [0.05, 0.1) is 41.5 Å². The van der Waals surface area contributed by atoms with E-state index >= 15 is 0 Å². The molecule has 4 rings (SSSR count). The lowest BCUT2D eigenvalue weighted by Crippen LogP contribution is -2.47. The molecule has 30 heavy (non-hydrogen) atoms. The number of carbonyl (C=O) groups excluding carboxylic acids is 1. The van der Waals surface area contributed by atoms with Gasteiger partial charge in [-0.1, -0.05) is 30.0 Å². The molecule has 1 amide bonds. The van der Waals surface area contributed by atoms with Gasteiger partial charge < -0.3 is 14.7 Å². The SMILES string of the molecule is CCOc1cc(C2CC(=O)N3CN(c4ccccc4F)CSC3=C2C#N)ccc1O. The fourth-order valence-electron chi connectivity index (χ4n) is 3.73. The number of phenolic OH excluding ortho intramolecular Hbond substituents is 1. The number of hydrogen-bond acceptors (Lipinski definition) is 6. The summed E-state index contributed by atoms with van der Waals surface area (Å²) in [5, 5.41) is 20.5. The van der Waals surface area contributed by atoms with Gasteiger partial charge in [0, 0.05) is 12.3 Å². The molecule has 1 atom stereocenters. The van der Waals surface area contributed by atoms with Crippen LogP contribution >= 0.6 is 11.8 Å². The summed E-state index contributed by atoms with van der Waals surface area (Å²) in [5.74, 6) is -0.120. The van der Waals surface area contributed by atoms with E-state index < -0.39 is 5.92 Å². The number of rotatable bonds is 4. The second-order valence-electron chi connectivity index (χ2n) is 6.98. The molecule has 8 heteroatoms. The molecule has 0 aliphatic carbocycles. The second kappa shape index (κ2) is 8.28. The van der Waals surface area contributed by atoms with Gasteiger partial charge in [0.1, 0.15) is 5.82 Å². The maximum atomic E-state index is 14.2. The van der Waals surface area contributed by atoms with Gasteiger partial charge in [0.25, 0.3) is 0 Å². The second-order valence-corrected chi connectivity index (χ2v) is 7.91. The summed E-state index contributed by atoms with van der Waals surface area (Å²) >= 11 is 1.35. The molecule has 1 saturated heterocycles. The number of fused-ring (bicyclic) bond motifs is 1. The first kappa shape index (κ1) is 20.1. The Balaban J connectivity index is 1.67. The number of aromatic hydroxyl groups is 1. The third-order valence-electron chi connectivity index (χ3n) is 5.17. The number of carbonyl (C=O) groups is 1. The number of nitriles is 1. The third-order valence-corrected chi connectivity index (χ3v) is 6.33. The van der Waals surface area contributed by atoms with E-state index in [2.05, 4.69) is 6.07 Å². The number of thioether (sulfide) groups is 1. The average Bonchev–Trinajstić information content (AvgIpc) is 2.75. The molecule has 0 radical (unpaired) electrons. The number of phenols is 1. The van der Waals surface area contributed by atoms with Gasteiger partial charge in [-0.15, -0.1) is 0 Å². The Hall–Kier alpha value is -3.18. The number of anilines is 1. The minimum atomic E-state index is -0.416. The van der Waals surface area contributed by atoms with Crippen LogP contribution in [-0.4, -0.2) is 35.1 Å². The molecular formula is C22H20FN3O3S. The molecule has 2 heterocycles. The van der Waals surface area contributed by atoms with E-state index in [0.717, 1.165) is 5.56 Å². The molecule has 2 aliphatic rings. The van der Waals surface area contributed by atoms with E-state index in [1.807, 2.05) is 6.92 Å². The van der Waals surface area contributed by atoms with Crippen molar-refractivity contribution in [2.24, 2.45) is 0 Å². The van der Waals surface area contributed by atoms with Gasteiger partial charge in [-0.2, -0.15) is 5.26 Å². The molecule has 2 aromatic carbocycles. The Bertz CT molecular complexity index is 1070. The number of nitrogens with zero attached hydrogens (tertiary/aromatic N) is 3. The zero-order valence-electron chi connectivity index (χ0n) is 16.3. The first-order valence-corrected chi connectivity index (χ1v) is 10.5. The molecule has 0 aromatic heterocycles. The zero-order valence-corrected chi connectivity index (χ0v) is 17.2. The minimum Gasteiger partial charge on any atom is -0.504 e. The predicted molar refractivity (Wildman–Crippen MR) is 112 cm³/mol. The van der Waals surface area contributed by atoms with Gasteiger partial charge in [0.15, 0.2) is 11.5 Å². The summed E-state index contributed by atoms with van der Waals surface area (Å²) in [6, 6.07) is 13.6. The van der Waals surface area contributed by atoms with Crippen molar-refractivity contribution in [1.29, 1.82) is 5.26 Å². The van der Waals surface area contributed by atoms with Gasteiger partial charge in [-0.3, -0.25) is 9.69 Å². The number of halogens is 1. The van der Waals surface area contributed by atoms with E-state index in [0.29, 0.717) is 34.5 Å². The number of benzene rings is 2. The lowest BCUT2D eigenvalue weighted by molar-refractivity contribution is -0.129. The highest BCUT2D eigenvalue weighted by atomic mass is 32.2. The molecule has 154 valence electrons. The quantitative estimate of drug-likeness (QED) is 0.793. The van der Waals surface area contributed by atoms with Crippen LogP contribution in [0.2, 0.25) is 0 Å². The number of para-hydroxylation sites is 1. The maximum absolute atomic E-state index is 14.2. The van der Waals surface area contributed by atoms with E-state index in [9.17, 15) is 19.6 Å². The van der Waals surface area contributed by atoms with Gasteiger partial charge >= 0.3 is 0 Å². The molecule has 1 fully saturated rings. The van der Waals surface area contributed by atoms with Crippen LogP contribution in [-0.2, 0) is 4.79 Å². The van der Waals surface area contributed by atoms with Crippen molar-refractivity contribution in [3.8, 4) is 17.6 Å². The van der Waals surface area contributed by atoms with Crippen molar-refractivity contribution in [2.45, 2.75) is 19.3 Å². The molecule has 2 aliphatic heterocycles. The molecule has 6 nitrogen and oxygen atoms in total. The van der Waals surface area contributed by atoms with Crippen molar-refractivity contribution in [3.05, 3.63) is 64.4 Å². The fraction of sp³-hybridized carbons (Fsp3) is 0.273. The van der Waals surface area contributed by atoms with Gasteiger partial charge in [0.2, 0.25) is 5.91 Å². The van der Waals surface area contributed by atoms with E-state index in [1.54, 1.807) is 40.1 Å². The van der Waals surface area contributed by atoms with Crippen LogP contribution in [0.1, 0.15) is 24.8 Å². The third kappa shape index (κ3) is 3.57. The van der Waals surface area contributed by atoms with Crippen LogP contribution in [0.4, 0.5) is 10.1 Å². The van der Waals surface area contributed by atoms with Crippen LogP contribution in [0.15, 0.2) is 53.1 Å². The first-order valence-electron chi connectivity index (χ1n) is 9.56. The minimum absolute atomic E-state index is 0.0168. The molecular weight excluding hydrogens is 405 g/mol. The molecule has 2 aromatic rings.